The number of carbonyl (C=O) groups excluding carboxylic acids is 1. The van der Waals surface area contributed by atoms with Gasteiger partial charge in [0, 0.05) is 12.2 Å². The van der Waals surface area contributed by atoms with Gasteiger partial charge in [-0.05, 0) is 36.2 Å². The van der Waals surface area contributed by atoms with Crippen LogP contribution in [0.2, 0.25) is 0 Å². The predicted octanol–water partition coefficient (Wildman–Crippen LogP) is 3.00. The quantitative estimate of drug-likeness (QED) is 0.783. The molecule has 0 fully saturated rings. The molecule has 0 atom stereocenters. The predicted molar refractivity (Wildman–Crippen MR) is 77.3 cm³/mol. The molecule has 0 saturated carbocycles. The summed E-state index contributed by atoms with van der Waals surface area (Å²) >= 11 is 0. The first-order valence-corrected chi connectivity index (χ1v) is 6.36. The van der Waals surface area contributed by atoms with Crippen LogP contribution in [-0.4, -0.2) is 12.6 Å². The summed E-state index contributed by atoms with van der Waals surface area (Å²) in [6.07, 6.45) is 0.778. The van der Waals surface area contributed by atoms with Gasteiger partial charge in [0.2, 0.25) is 0 Å². The van der Waals surface area contributed by atoms with Crippen LogP contribution < -0.4 is 16.0 Å². The average molecular weight is 271 g/mol. The summed E-state index contributed by atoms with van der Waals surface area (Å²) in [5, 5.41) is 2.58. The molecule has 102 valence electrons. The summed E-state index contributed by atoms with van der Waals surface area (Å²) in [5.41, 5.74) is 8.40. The third-order valence-electron chi connectivity index (χ3n) is 3.37. The van der Waals surface area contributed by atoms with Gasteiger partial charge in [0.1, 0.15) is 5.82 Å². The van der Waals surface area contributed by atoms with Crippen LogP contribution in [0.4, 0.5) is 26.2 Å². The smallest absolute Gasteiger partial charge is 0.326 e. The average Bonchev–Trinajstić information content (AvgIpc) is 2.84. The molecule has 1 aliphatic rings. The lowest BCUT2D eigenvalue weighted by Gasteiger charge is -2.18. The van der Waals surface area contributed by atoms with Crippen LogP contribution in [0.1, 0.15) is 5.56 Å². The van der Waals surface area contributed by atoms with Crippen molar-refractivity contribution < 1.29 is 9.18 Å². The zero-order valence-corrected chi connectivity index (χ0v) is 10.8. The van der Waals surface area contributed by atoms with E-state index in [2.05, 4.69) is 5.32 Å². The van der Waals surface area contributed by atoms with Crippen LogP contribution in [0.15, 0.2) is 42.5 Å². The Kier molecular flexibility index (Phi) is 3.02. The number of benzene rings is 2. The van der Waals surface area contributed by atoms with Gasteiger partial charge in [-0.1, -0.05) is 18.2 Å². The second kappa shape index (κ2) is 4.85. The third-order valence-corrected chi connectivity index (χ3v) is 3.37. The second-order valence-electron chi connectivity index (χ2n) is 4.70. The molecule has 1 heterocycles. The van der Waals surface area contributed by atoms with Gasteiger partial charge in [0.25, 0.3) is 0 Å². The summed E-state index contributed by atoms with van der Waals surface area (Å²) < 4.78 is 13.5. The fourth-order valence-corrected chi connectivity index (χ4v) is 2.35. The molecule has 20 heavy (non-hydrogen) atoms. The Morgan fingerprint density at radius 1 is 1.25 bits per heavy atom. The van der Waals surface area contributed by atoms with Crippen molar-refractivity contribution in [2.45, 2.75) is 6.42 Å². The maximum atomic E-state index is 13.5. The van der Waals surface area contributed by atoms with Crippen molar-refractivity contribution in [3.8, 4) is 0 Å². The molecule has 0 unspecified atom stereocenters. The topological polar surface area (TPSA) is 58.4 Å². The summed E-state index contributed by atoms with van der Waals surface area (Å²) in [6, 6.07) is 11.3. The van der Waals surface area contributed by atoms with Gasteiger partial charge in [-0.15, -0.1) is 0 Å². The molecule has 1 aliphatic heterocycles. The lowest BCUT2D eigenvalue weighted by atomic mass is 10.1. The van der Waals surface area contributed by atoms with E-state index < -0.39 is 5.82 Å². The molecule has 5 heteroatoms. The number of rotatable bonds is 1. The molecule has 0 saturated heterocycles. The normalized spacial score (nSPS) is 13.2. The zero-order valence-electron chi connectivity index (χ0n) is 10.8. The molecular weight excluding hydrogens is 257 g/mol. The number of nitrogens with one attached hydrogen (secondary N) is 1. The molecule has 2 aromatic rings. The number of fused-ring (bicyclic) bond motifs is 1. The fourth-order valence-electron chi connectivity index (χ4n) is 2.35. The minimum Gasteiger partial charge on any atom is -0.399 e. The maximum absolute atomic E-state index is 13.5. The molecule has 0 spiro atoms. The van der Waals surface area contributed by atoms with E-state index >= 15 is 0 Å². The number of halogens is 1. The first kappa shape index (κ1) is 12.5. The van der Waals surface area contributed by atoms with Gasteiger partial charge < -0.3 is 11.1 Å². The van der Waals surface area contributed by atoms with Gasteiger partial charge in [-0.25, -0.2) is 9.18 Å². The van der Waals surface area contributed by atoms with Gasteiger partial charge in [-0.3, -0.25) is 4.90 Å². The Labute approximate surface area is 116 Å². The van der Waals surface area contributed by atoms with Crippen molar-refractivity contribution in [1.29, 1.82) is 0 Å². The fraction of sp³-hybridized carbons (Fsp3) is 0.133. The van der Waals surface area contributed by atoms with E-state index in [4.69, 9.17) is 5.73 Å². The Morgan fingerprint density at radius 3 is 2.85 bits per heavy atom. The van der Waals surface area contributed by atoms with Crippen molar-refractivity contribution in [2.24, 2.45) is 0 Å². The molecule has 3 N–H and O–H groups in total. The largest absolute Gasteiger partial charge is 0.399 e. The molecule has 0 bridgehead atoms. The SMILES string of the molecule is Nc1ccc2c(c1)N(C(=O)Nc1ccccc1F)CC2. The van der Waals surface area contributed by atoms with Crippen LogP contribution in [0.5, 0.6) is 0 Å². The molecular formula is C15H14FN3O. The van der Waals surface area contributed by atoms with Crippen molar-refractivity contribution in [1.82, 2.24) is 0 Å². The number of hydrogen-bond acceptors (Lipinski definition) is 2. The van der Waals surface area contributed by atoms with Gasteiger partial charge >= 0.3 is 6.03 Å². The van der Waals surface area contributed by atoms with Gasteiger partial charge in [0.05, 0.1) is 11.4 Å². The van der Waals surface area contributed by atoms with E-state index in [0.717, 1.165) is 17.7 Å². The molecule has 4 nitrogen and oxygen atoms in total. The first-order valence-electron chi connectivity index (χ1n) is 6.36. The Bertz CT molecular complexity index is 672. The Balaban J connectivity index is 1.84. The third kappa shape index (κ3) is 2.18. The van der Waals surface area contributed by atoms with E-state index in [0.29, 0.717) is 12.2 Å². The van der Waals surface area contributed by atoms with Crippen molar-refractivity contribution in [3.05, 3.63) is 53.8 Å². The lowest BCUT2D eigenvalue weighted by Crippen LogP contribution is -2.33. The van der Waals surface area contributed by atoms with Crippen LogP contribution in [0.3, 0.4) is 0 Å². The van der Waals surface area contributed by atoms with E-state index in [9.17, 15) is 9.18 Å². The van der Waals surface area contributed by atoms with Crippen LogP contribution >= 0.6 is 0 Å². The number of amides is 2. The van der Waals surface area contributed by atoms with Crippen molar-refractivity contribution in [2.75, 3.05) is 22.5 Å². The minimum absolute atomic E-state index is 0.176. The monoisotopic (exact) mass is 271 g/mol. The summed E-state index contributed by atoms with van der Waals surface area (Å²) in [4.78, 5) is 13.8. The number of nitrogen functional groups attached to an aromatic ring is 1. The van der Waals surface area contributed by atoms with E-state index in [1.807, 2.05) is 12.1 Å². The highest BCUT2D eigenvalue weighted by Gasteiger charge is 2.25. The zero-order chi connectivity index (χ0) is 14.1. The summed E-state index contributed by atoms with van der Waals surface area (Å²) in [7, 11) is 0. The number of urea groups is 1. The first-order chi connectivity index (χ1) is 9.65. The van der Waals surface area contributed by atoms with E-state index in [1.54, 1.807) is 23.1 Å². The van der Waals surface area contributed by atoms with E-state index in [-0.39, 0.29) is 11.7 Å². The Hall–Kier alpha value is -2.56. The number of nitrogens with zero attached hydrogens (tertiary/aromatic N) is 1. The molecule has 0 radical (unpaired) electrons. The van der Waals surface area contributed by atoms with Crippen LogP contribution in [0, 0.1) is 5.82 Å². The summed E-state index contributed by atoms with van der Waals surface area (Å²) in [6.45, 7) is 0.569. The summed E-state index contributed by atoms with van der Waals surface area (Å²) in [5.74, 6) is -0.451. The van der Waals surface area contributed by atoms with Gasteiger partial charge in [0.15, 0.2) is 0 Å². The van der Waals surface area contributed by atoms with Crippen LogP contribution in [-0.2, 0) is 6.42 Å². The van der Waals surface area contributed by atoms with Crippen molar-refractivity contribution >= 4 is 23.1 Å². The van der Waals surface area contributed by atoms with Crippen molar-refractivity contribution in [3.63, 3.8) is 0 Å². The number of hydrogen-bond donors (Lipinski definition) is 2. The highest BCUT2D eigenvalue weighted by atomic mass is 19.1. The minimum atomic E-state index is -0.451. The number of carbonyl (C=O) groups is 1. The Morgan fingerprint density at radius 2 is 2.05 bits per heavy atom. The molecule has 0 aliphatic carbocycles. The number of para-hydroxylation sites is 1. The standard InChI is InChI=1S/C15H14FN3O/c16-12-3-1-2-4-13(12)18-15(20)19-8-7-10-5-6-11(17)9-14(10)19/h1-6,9H,7-8,17H2,(H,18,20). The molecule has 2 aromatic carbocycles. The molecule has 2 amide bonds. The number of anilines is 3. The van der Waals surface area contributed by atoms with E-state index in [1.165, 1.54) is 12.1 Å². The molecule has 0 aromatic heterocycles. The van der Waals surface area contributed by atoms with Crippen LogP contribution in [0.25, 0.3) is 0 Å². The molecule has 3 rings (SSSR count). The highest BCUT2D eigenvalue weighted by Crippen LogP contribution is 2.30. The maximum Gasteiger partial charge on any atom is 0.326 e. The number of nitrogens with two attached hydrogens (primary N) is 1. The second-order valence-corrected chi connectivity index (χ2v) is 4.70. The lowest BCUT2D eigenvalue weighted by molar-refractivity contribution is 0.257. The highest BCUT2D eigenvalue weighted by molar-refractivity contribution is 6.03. The van der Waals surface area contributed by atoms with Gasteiger partial charge in [-0.2, -0.15) is 0 Å².